The van der Waals surface area contributed by atoms with Crippen molar-refractivity contribution < 1.29 is 9.15 Å². The highest BCUT2D eigenvalue weighted by Crippen LogP contribution is 2.12. The van der Waals surface area contributed by atoms with Gasteiger partial charge in [-0.1, -0.05) is 12.2 Å². The molecule has 0 radical (unpaired) electrons. The lowest BCUT2D eigenvalue weighted by atomic mass is 10.2. The normalized spacial score (nSPS) is 12.3. The molecule has 16 heavy (non-hydrogen) atoms. The lowest BCUT2D eigenvalue weighted by molar-refractivity contribution is 0.276. The molecule has 88 valence electrons. The summed E-state index contributed by atoms with van der Waals surface area (Å²) in [6.45, 7) is 0.935. The molecule has 0 aliphatic carbocycles. The van der Waals surface area contributed by atoms with Gasteiger partial charge >= 0.3 is 0 Å². The third-order valence-corrected chi connectivity index (χ3v) is 2.08. The fraction of sp³-hybridized carbons (Fsp3) is 0.333. The average Bonchev–Trinajstić information content (AvgIpc) is 2.75. The predicted octanol–water partition coefficient (Wildman–Crippen LogP) is 1.33. The second-order valence-electron chi connectivity index (χ2n) is 3.25. The quantitative estimate of drug-likeness (QED) is 0.562. The molecular weight excluding hydrogens is 204 g/mol. The SMILES string of the molecule is CO/C(=C\C=C\CN)Cc1ccc(CN)o1. The Kier molecular flexibility index (Phi) is 5.39. The van der Waals surface area contributed by atoms with Gasteiger partial charge in [0.05, 0.1) is 20.1 Å². The molecule has 0 saturated carbocycles. The number of hydrogen-bond donors (Lipinski definition) is 2. The summed E-state index contributed by atoms with van der Waals surface area (Å²) < 4.78 is 10.7. The van der Waals surface area contributed by atoms with Crippen molar-refractivity contribution in [3.8, 4) is 0 Å². The fourth-order valence-electron chi connectivity index (χ4n) is 1.25. The summed E-state index contributed by atoms with van der Waals surface area (Å²) in [5, 5.41) is 0. The maximum Gasteiger partial charge on any atom is 0.117 e. The van der Waals surface area contributed by atoms with E-state index in [4.69, 9.17) is 20.6 Å². The zero-order valence-electron chi connectivity index (χ0n) is 9.48. The second-order valence-corrected chi connectivity index (χ2v) is 3.25. The Morgan fingerprint density at radius 3 is 2.69 bits per heavy atom. The first-order valence-electron chi connectivity index (χ1n) is 5.17. The van der Waals surface area contributed by atoms with Crippen LogP contribution >= 0.6 is 0 Å². The van der Waals surface area contributed by atoms with Crippen LogP contribution in [0.15, 0.2) is 40.5 Å². The minimum Gasteiger partial charge on any atom is -0.501 e. The molecule has 1 heterocycles. The molecule has 1 aromatic heterocycles. The highest BCUT2D eigenvalue weighted by Gasteiger charge is 2.03. The number of methoxy groups -OCH3 is 1. The van der Waals surface area contributed by atoms with Gasteiger partial charge in [0.2, 0.25) is 0 Å². The highest BCUT2D eigenvalue weighted by molar-refractivity contribution is 5.16. The Hall–Kier alpha value is -1.52. The number of nitrogens with two attached hydrogens (primary N) is 2. The van der Waals surface area contributed by atoms with E-state index in [1.807, 2.05) is 30.4 Å². The zero-order chi connectivity index (χ0) is 11.8. The van der Waals surface area contributed by atoms with Gasteiger partial charge in [-0.3, -0.25) is 0 Å². The van der Waals surface area contributed by atoms with E-state index in [-0.39, 0.29) is 0 Å². The van der Waals surface area contributed by atoms with E-state index < -0.39 is 0 Å². The van der Waals surface area contributed by atoms with E-state index in [9.17, 15) is 0 Å². The van der Waals surface area contributed by atoms with Gasteiger partial charge in [0.1, 0.15) is 17.3 Å². The van der Waals surface area contributed by atoms with Crippen molar-refractivity contribution in [3.05, 3.63) is 47.6 Å². The first kappa shape index (κ1) is 12.5. The first-order valence-corrected chi connectivity index (χ1v) is 5.17. The first-order chi connectivity index (χ1) is 7.80. The molecule has 4 heteroatoms. The topological polar surface area (TPSA) is 74.4 Å². The molecule has 1 rings (SSSR count). The maximum absolute atomic E-state index is 5.48. The van der Waals surface area contributed by atoms with Gasteiger partial charge in [0.25, 0.3) is 0 Å². The van der Waals surface area contributed by atoms with Crippen LogP contribution in [0.2, 0.25) is 0 Å². The van der Waals surface area contributed by atoms with Crippen molar-refractivity contribution in [2.75, 3.05) is 13.7 Å². The van der Waals surface area contributed by atoms with Gasteiger partial charge in [-0.2, -0.15) is 0 Å². The molecule has 0 atom stereocenters. The van der Waals surface area contributed by atoms with E-state index in [2.05, 4.69) is 0 Å². The lowest BCUT2D eigenvalue weighted by Gasteiger charge is -2.02. The van der Waals surface area contributed by atoms with Gasteiger partial charge in [0, 0.05) is 6.54 Å². The Labute approximate surface area is 95.6 Å². The Morgan fingerprint density at radius 2 is 2.12 bits per heavy atom. The van der Waals surface area contributed by atoms with Crippen molar-refractivity contribution in [2.24, 2.45) is 11.5 Å². The van der Waals surface area contributed by atoms with Crippen LogP contribution in [0.4, 0.5) is 0 Å². The molecule has 0 saturated heterocycles. The average molecular weight is 222 g/mol. The molecule has 4 N–H and O–H groups in total. The summed E-state index contributed by atoms with van der Waals surface area (Å²) >= 11 is 0. The molecule has 0 fully saturated rings. The number of ether oxygens (including phenoxy) is 1. The zero-order valence-corrected chi connectivity index (χ0v) is 9.48. The summed E-state index contributed by atoms with van der Waals surface area (Å²) in [7, 11) is 1.63. The van der Waals surface area contributed by atoms with Crippen molar-refractivity contribution in [1.29, 1.82) is 0 Å². The monoisotopic (exact) mass is 222 g/mol. The minimum absolute atomic E-state index is 0.416. The van der Waals surface area contributed by atoms with Gasteiger partial charge in [-0.25, -0.2) is 0 Å². The highest BCUT2D eigenvalue weighted by atomic mass is 16.5. The molecule has 0 spiro atoms. The molecule has 0 aliphatic heterocycles. The van der Waals surface area contributed by atoms with Gasteiger partial charge in [0.15, 0.2) is 0 Å². The smallest absolute Gasteiger partial charge is 0.117 e. The van der Waals surface area contributed by atoms with Crippen LogP contribution in [-0.4, -0.2) is 13.7 Å². The predicted molar refractivity (Wildman–Crippen MR) is 63.6 cm³/mol. The van der Waals surface area contributed by atoms with Crippen LogP contribution in [0.5, 0.6) is 0 Å². The lowest BCUT2D eigenvalue weighted by Crippen LogP contribution is -1.94. The van der Waals surface area contributed by atoms with Crippen LogP contribution in [0.1, 0.15) is 11.5 Å². The van der Waals surface area contributed by atoms with E-state index in [1.165, 1.54) is 0 Å². The number of hydrogen-bond acceptors (Lipinski definition) is 4. The molecule has 0 aromatic carbocycles. The van der Waals surface area contributed by atoms with E-state index in [1.54, 1.807) is 7.11 Å². The minimum atomic E-state index is 0.416. The van der Waals surface area contributed by atoms with Crippen LogP contribution in [0, 0.1) is 0 Å². The Bertz CT molecular complexity index is 367. The Balaban J connectivity index is 2.62. The van der Waals surface area contributed by atoms with Crippen molar-refractivity contribution in [1.82, 2.24) is 0 Å². The summed E-state index contributed by atoms with van der Waals surface area (Å²) in [5.74, 6) is 2.44. The number of furan rings is 1. The number of allylic oxidation sites excluding steroid dienone is 3. The molecule has 1 aromatic rings. The fourth-order valence-corrected chi connectivity index (χ4v) is 1.25. The second kappa shape index (κ2) is 6.87. The summed E-state index contributed by atoms with van der Waals surface area (Å²) in [5.41, 5.74) is 10.8. The summed E-state index contributed by atoms with van der Waals surface area (Å²) in [6.07, 6.45) is 6.21. The van der Waals surface area contributed by atoms with Gasteiger partial charge < -0.3 is 20.6 Å². The molecule has 0 amide bonds. The molecule has 0 unspecified atom stereocenters. The van der Waals surface area contributed by atoms with Crippen LogP contribution in [-0.2, 0) is 17.7 Å². The van der Waals surface area contributed by atoms with E-state index >= 15 is 0 Å². The molecule has 4 nitrogen and oxygen atoms in total. The third kappa shape index (κ3) is 3.92. The van der Waals surface area contributed by atoms with Crippen LogP contribution in [0.3, 0.4) is 0 Å². The Morgan fingerprint density at radius 1 is 1.38 bits per heavy atom. The van der Waals surface area contributed by atoms with Crippen LogP contribution < -0.4 is 11.5 Å². The van der Waals surface area contributed by atoms with E-state index in [0.717, 1.165) is 17.3 Å². The van der Waals surface area contributed by atoms with Crippen molar-refractivity contribution in [3.63, 3.8) is 0 Å². The summed E-state index contributed by atoms with van der Waals surface area (Å²) in [4.78, 5) is 0. The van der Waals surface area contributed by atoms with Gasteiger partial charge in [-0.15, -0.1) is 0 Å². The standard InChI is InChI=1S/C12H18N2O2/c1-15-10(4-2-3-7-13)8-11-5-6-12(9-14)16-11/h2-6H,7-9,13-14H2,1H3/b3-2+,10-4-. The molecular formula is C12H18N2O2. The summed E-state index contributed by atoms with van der Waals surface area (Å²) in [6, 6.07) is 3.78. The van der Waals surface area contributed by atoms with Crippen molar-refractivity contribution in [2.45, 2.75) is 13.0 Å². The van der Waals surface area contributed by atoms with Crippen LogP contribution in [0.25, 0.3) is 0 Å². The van der Waals surface area contributed by atoms with E-state index in [0.29, 0.717) is 19.5 Å². The third-order valence-electron chi connectivity index (χ3n) is 2.08. The molecule has 0 aliphatic rings. The van der Waals surface area contributed by atoms with Crippen molar-refractivity contribution >= 4 is 0 Å². The number of rotatable bonds is 6. The largest absolute Gasteiger partial charge is 0.501 e. The maximum atomic E-state index is 5.48. The molecule has 0 bridgehead atoms. The van der Waals surface area contributed by atoms with Gasteiger partial charge in [-0.05, 0) is 18.2 Å².